The molecular weight excluding hydrogens is 302 g/mol. The van der Waals surface area contributed by atoms with Crippen molar-refractivity contribution in [3.05, 3.63) is 59.0 Å². The highest BCUT2D eigenvalue weighted by Gasteiger charge is 2.13. The molecule has 24 heavy (non-hydrogen) atoms. The van der Waals surface area contributed by atoms with Gasteiger partial charge in [-0.15, -0.1) is 0 Å². The largest absolute Gasteiger partial charge is 0.467 e. The molecule has 1 aromatic carbocycles. The van der Waals surface area contributed by atoms with Crippen molar-refractivity contribution in [2.75, 3.05) is 19.7 Å². The molecule has 0 bridgehead atoms. The van der Waals surface area contributed by atoms with Gasteiger partial charge in [0.05, 0.1) is 19.0 Å². The lowest BCUT2D eigenvalue weighted by molar-refractivity contribution is 0.00384. The molecule has 132 valence electrons. The quantitative estimate of drug-likeness (QED) is 0.721. The first-order valence-corrected chi connectivity index (χ1v) is 8.65. The molecule has 0 amide bonds. The van der Waals surface area contributed by atoms with Crippen LogP contribution in [-0.2, 0) is 17.9 Å². The molecule has 0 aliphatic heterocycles. The van der Waals surface area contributed by atoms with Crippen molar-refractivity contribution in [1.82, 2.24) is 4.90 Å². The summed E-state index contributed by atoms with van der Waals surface area (Å²) in [5.74, 6) is 0.781. The Kier molecular flexibility index (Phi) is 7.50. The second-order valence-electron chi connectivity index (χ2n) is 6.41. The van der Waals surface area contributed by atoms with Gasteiger partial charge in [0.25, 0.3) is 0 Å². The van der Waals surface area contributed by atoms with E-state index in [-0.39, 0.29) is 0 Å². The van der Waals surface area contributed by atoms with E-state index < -0.39 is 6.10 Å². The van der Waals surface area contributed by atoms with Gasteiger partial charge in [-0.2, -0.15) is 0 Å². The number of benzene rings is 1. The van der Waals surface area contributed by atoms with Crippen LogP contribution in [0.4, 0.5) is 0 Å². The Morgan fingerprint density at radius 1 is 1.25 bits per heavy atom. The average Bonchev–Trinajstić information content (AvgIpc) is 3.04. The molecule has 1 aromatic heterocycles. The third-order valence-corrected chi connectivity index (χ3v) is 4.04. The molecule has 0 aliphatic rings. The van der Waals surface area contributed by atoms with E-state index in [2.05, 4.69) is 43.9 Å². The fourth-order valence-electron chi connectivity index (χ4n) is 2.80. The molecule has 0 saturated heterocycles. The third kappa shape index (κ3) is 6.11. The van der Waals surface area contributed by atoms with Crippen molar-refractivity contribution in [1.29, 1.82) is 0 Å². The molecule has 0 fully saturated rings. The lowest BCUT2D eigenvalue weighted by Gasteiger charge is -2.25. The molecule has 2 aromatic rings. The van der Waals surface area contributed by atoms with E-state index in [0.717, 1.165) is 25.3 Å². The van der Waals surface area contributed by atoms with Crippen LogP contribution in [0.25, 0.3) is 0 Å². The van der Waals surface area contributed by atoms with Gasteiger partial charge in [-0.25, -0.2) is 0 Å². The maximum Gasteiger partial charge on any atom is 0.129 e. The predicted molar refractivity (Wildman–Crippen MR) is 95.9 cm³/mol. The number of hydrogen-bond donors (Lipinski definition) is 1. The Balaban J connectivity index is 1.84. The molecule has 1 atom stereocenters. The normalized spacial score (nSPS) is 12.7. The molecule has 0 radical (unpaired) electrons. The first-order valence-electron chi connectivity index (χ1n) is 8.65. The number of rotatable bonds is 10. The van der Waals surface area contributed by atoms with Crippen LogP contribution in [0.5, 0.6) is 0 Å². The fourth-order valence-corrected chi connectivity index (χ4v) is 2.80. The van der Waals surface area contributed by atoms with Gasteiger partial charge in [0, 0.05) is 13.1 Å². The van der Waals surface area contributed by atoms with Gasteiger partial charge < -0.3 is 14.3 Å². The minimum atomic E-state index is -0.503. The van der Waals surface area contributed by atoms with Gasteiger partial charge in [0.2, 0.25) is 0 Å². The molecular formula is C20H29NO3. The average molecular weight is 331 g/mol. The molecule has 1 N–H and O–H groups in total. The third-order valence-electron chi connectivity index (χ3n) is 4.04. The fraction of sp³-hybridized carbons (Fsp3) is 0.500. The zero-order valence-electron chi connectivity index (χ0n) is 15.0. The van der Waals surface area contributed by atoms with Gasteiger partial charge in [0.1, 0.15) is 12.4 Å². The topological polar surface area (TPSA) is 45.8 Å². The Morgan fingerprint density at radius 3 is 2.79 bits per heavy atom. The Labute approximate surface area is 145 Å². The summed E-state index contributed by atoms with van der Waals surface area (Å²) in [6.07, 6.45) is 2.18. The lowest BCUT2D eigenvalue weighted by atomic mass is 10.0. The first kappa shape index (κ1) is 18.7. The minimum absolute atomic E-state index is 0.313. The van der Waals surface area contributed by atoms with E-state index in [1.807, 2.05) is 12.1 Å². The summed E-state index contributed by atoms with van der Waals surface area (Å²) in [6, 6.07) is 10.2. The summed E-state index contributed by atoms with van der Waals surface area (Å²) in [4.78, 5) is 2.29. The number of aryl methyl sites for hydroxylation is 2. The smallest absolute Gasteiger partial charge is 0.129 e. The Bertz CT molecular complexity index is 595. The number of hydrogen-bond acceptors (Lipinski definition) is 4. The number of nitrogens with zero attached hydrogens (tertiary/aromatic N) is 1. The highest BCUT2D eigenvalue weighted by atomic mass is 16.5. The lowest BCUT2D eigenvalue weighted by Crippen LogP contribution is -2.35. The van der Waals surface area contributed by atoms with Crippen molar-refractivity contribution in [2.45, 2.75) is 46.4 Å². The van der Waals surface area contributed by atoms with Crippen molar-refractivity contribution < 1.29 is 14.3 Å². The predicted octanol–water partition coefficient (Wildman–Crippen LogP) is 3.69. The van der Waals surface area contributed by atoms with Crippen molar-refractivity contribution in [2.24, 2.45) is 0 Å². The molecule has 4 nitrogen and oxygen atoms in total. The highest BCUT2D eigenvalue weighted by Crippen LogP contribution is 2.14. The van der Waals surface area contributed by atoms with Crippen molar-refractivity contribution in [3.8, 4) is 0 Å². The van der Waals surface area contributed by atoms with Gasteiger partial charge in [-0.1, -0.05) is 30.7 Å². The van der Waals surface area contributed by atoms with E-state index in [4.69, 9.17) is 9.15 Å². The Morgan fingerprint density at radius 2 is 2.08 bits per heavy atom. The van der Waals surface area contributed by atoms with E-state index in [0.29, 0.717) is 19.8 Å². The first-order chi connectivity index (χ1) is 11.6. The van der Waals surface area contributed by atoms with E-state index in [1.165, 1.54) is 16.7 Å². The summed E-state index contributed by atoms with van der Waals surface area (Å²) in [5.41, 5.74) is 3.90. The van der Waals surface area contributed by atoms with E-state index >= 15 is 0 Å². The number of ether oxygens (including phenoxy) is 1. The summed E-state index contributed by atoms with van der Waals surface area (Å²) in [7, 11) is 0. The van der Waals surface area contributed by atoms with Crippen LogP contribution < -0.4 is 0 Å². The van der Waals surface area contributed by atoms with Crippen LogP contribution in [0, 0.1) is 13.8 Å². The molecule has 0 aliphatic carbocycles. The highest BCUT2D eigenvalue weighted by molar-refractivity contribution is 5.30. The molecule has 0 unspecified atom stereocenters. The second kappa shape index (κ2) is 9.62. The minimum Gasteiger partial charge on any atom is -0.467 e. The van der Waals surface area contributed by atoms with Crippen LogP contribution in [0.15, 0.2) is 41.0 Å². The van der Waals surface area contributed by atoms with E-state index in [9.17, 15) is 5.11 Å². The van der Waals surface area contributed by atoms with Crippen LogP contribution in [0.2, 0.25) is 0 Å². The molecule has 2 rings (SSSR count). The van der Waals surface area contributed by atoms with Crippen LogP contribution in [0.1, 0.15) is 35.8 Å². The standard InChI is InChI=1S/C20H29NO3/c1-4-9-21(12-18-11-16(2)7-8-17(18)3)13-19(22)14-23-15-20-6-5-10-24-20/h5-8,10-11,19,22H,4,9,12-15H2,1-3H3/t19-/m1/s1. The summed E-state index contributed by atoms with van der Waals surface area (Å²) in [6.45, 7) is 9.56. The zero-order valence-corrected chi connectivity index (χ0v) is 15.0. The monoisotopic (exact) mass is 331 g/mol. The maximum atomic E-state index is 10.3. The second-order valence-corrected chi connectivity index (χ2v) is 6.41. The maximum absolute atomic E-state index is 10.3. The molecule has 4 heteroatoms. The molecule has 0 spiro atoms. The van der Waals surface area contributed by atoms with E-state index in [1.54, 1.807) is 6.26 Å². The molecule has 0 saturated carbocycles. The summed E-state index contributed by atoms with van der Waals surface area (Å²) >= 11 is 0. The number of aliphatic hydroxyl groups is 1. The zero-order chi connectivity index (χ0) is 17.4. The van der Waals surface area contributed by atoms with Gasteiger partial charge >= 0.3 is 0 Å². The van der Waals surface area contributed by atoms with Gasteiger partial charge in [-0.3, -0.25) is 4.90 Å². The van der Waals surface area contributed by atoms with Gasteiger partial charge in [-0.05, 0) is 50.1 Å². The Hall–Kier alpha value is -1.62. The van der Waals surface area contributed by atoms with Crippen LogP contribution >= 0.6 is 0 Å². The number of furan rings is 1. The molecule has 1 heterocycles. The van der Waals surface area contributed by atoms with Crippen LogP contribution in [-0.4, -0.2) is 35.8 Å². The van der Waals surface area contributed by atoms with Crippen molar-refractivity contribution >= 4 is 0 Å². The summed E-state index contributed by atoms with van der Waals surface area (Å²) < 4.78 is 10.8. The van der Waals surface area contributed by atoms with Crippen molar-refractivity contribution in [3.63, 3.8) is 0 Å². The van der Waals surface area contributed by atoms with Gasteiger partial charge in [0.15, 0.2) is 0 Å². The summed E-state index contributed by atoms with van der Waals surface area (Å²) in [5, 5.41) is 10.3. The van der Waals surface area contributed by atoms with Crippen LogP contribution in [0.3, 0.4) is 0 Å². The SMILES string of the molecule is CCCN(Cc1cc(C)ccc1C)C[C@@H](O)COCc1ccco1. The number of aliphatic hydroxyl groups excluding tert-OH is 1.